The lowest BCUT2D eigenvalue weighted by Crippen LogP contribution is -2.44. The number of ether oxygens (including phenoxy) is 2. The zero-order valence-electron chi connectivity index (χ0n) is 18.4. The van der Waals surface area contributed by atoms with Gasteiger partial charge in [-0.15, -0.1) is 10.2 Å². The Morgan fingerprint density at radius 2 is 1.85 bits per heavy atom. The van der Waals surface area contributed by atoms with Gasteiger partial charge in [-0.2, -0.15) is 0 Å². The minimum atomic E-state index is -0.432. The summed E-state index contributed by atoms with van der Waals surface area (Å²) in [5.74, 6) is -0.116. The van der Waals surface area contributed by atoms with Gasteiger partial charge in [-0.05, 0) is 49.9 Å². The van der Waals surface area contributed by atoms with Gasteiger partial charge in [0.25, 0.3) is 11.8 Å². The molecule has 2 fully saturated rings. The normalized spacial score (nSPS) is 18.7. The van der Waals surface area contributed by atoms with Gasteiger partial charge >= 0.3 is 0 Å². The van der Waals surface area contributed by atoms with E-state index >= 15 is 0 Å². The molecule has 0 aliphatic carbocycles. The lowest BCUT2D eigenvalue weighted by molar-refractivity contribution is -0.126. The summed E-state index contributed by atoms with van der Waals surface area (Å²) in [6.07, 6.45) is 3.32. The number of hydrogen-bond acceptors (Lipinski definition) is 8. The Labute approximate surface area is 195 Å². The van der Waals surface area contributed by atoms with Crippen LogP contribution in [0.3, 0.4) is 0 Å². The molecule has 1 atom stereocenters. The molecule has 2 aliphatic heterocycles. The van der Waals surface area contributed by atoms with Crippen LogP contribution in [-0.4, -0.2) is 72.3 Å². The smallest absolute Gasteiger partial charge is 0.286 e. The molecule has 2 aromatic rings. The maximum atomic E-state index is 12.8. The van der Waals surface area contributed by atoms with Gasteiger partial charge in [0, 0.05) is 37.8 Å². The Bertz CT molecular complexity index is 981. The van der Waals surface area contributed by atoms with Crippen molar-refractivity contribution in [1.29, 1.82) is 0 Å². The number of carbonyl (C=O) groups excluding carboxylic acids is 3. The highest BCUT2D eigenvalue weighted by molar-refractivity contribution is 7.15. The highest BCUT2D eigenvalue weighted by Gasteiger charge is 2.30. The fourth-order valence-corrected chi connectivity index (χ4v) is 4.61. The van der Waals surface area contributed by atoms with Crippen molar-refractivity contribution in [3.63, 3.8) is 0 Å². The molecule has 3 heterocycles. The molecule has 3 amide bonds. The number of anilines is 1. The summed E-state index contributed by atoms with van der Waals surface area (Å²) < 4.78 is 10.6. The Kier molecular flexibility index (Phi) is 7.50. The fourth-order valence-electron chi connectivity index (χ4n) is 3.90. The molecule has 33 heavy (non-hydrogen) atoms. The van der Waals surface area contributed by atoms with E-state index in [2.05, 4.69) is 20.8 Å². The summed E-state index contributed by atoms with van der Waals surface area (Å²) in [5, 5.41) is 13.8. The van der Waals surface area contributed by atoms with E-state index in [-0.39, 0.29) is 33.9 Å². The van der Waals surface area contributed by atoms with Crippen LogP contribution < -0.4 is 15.4 Å². The summed E-state index contributed by atoms with van der Waals surface area (Å²) >= 11 is 0.956. The van der Waals surface area contributed by atoms with Crippen LogP contribution >= 0.6 is 11.3 Å². The molecule has 0 spiro atoms. The molecule has 2 aliphatic rings. The van der Waals surface area contributed by atoms with Gasteiger partial charge in [-0.25, -0.2) is 0 Å². The second-order valence-corrected chi connectivity index (χ2v) is 9.02. The van der Waals surface area contributed by atoms with Crippen LogP contribution in [0.1, 0.15) is 45.3 Å². The van der Waals surface area contributed by atoms with Crippen LogP contribution in [0.2, 0.25) is 0 Å². The van der Waals surface area contributed by atoms with E-state index in [1.807, 2.05) is 0 Å². The monoisotopic (exact) mass is 473 g/mol. The Hall–Kier alpha value is -3.05. The third-order valence-electron chi connectivity index (χ3n) is 5.83. The van der Waals surface area contributed by atoms with E-state index < -0.39 is 5.91 Å². The van der Waals surface area contributed by atoms with Crippen molar-refractivity contribution in [2.45, 2.75) is 31.8 Å². The maximum Gasteiger partial charge on any atom is 0.286 e. The average molecular weight is 474 g/mol. The van der Waals surface area contributed by atoms with E-state index in [0.29, 0.717) is 43.9 Å². The molecule has 176 valence electrons. The second kappa shape index (κ2) is 10.7. The standard InChI is InChI=1S/C22H27N5O5S/c1-31-16-6-4-15(5-7-16)24-19(29)20-25-26-21(33-20)22(30)27-10-8-14(9-11-27)18(28)23-13-17-3-2-12-32-17/h4-7,14,17H,2-3,8-13H2,1H3,(H,23,28)(H,24,29)/t17-/m0/s1. The van der Waals surface area contributed by atoms with Crippen LogP contribution in [-0.2, 0) is 9.53 Å². The SMILES string of the molecule is COc1ccc(NC(=O)c2nnc(C(=O)N3CCC(C(=O)NC[C@@H]4CCCO4)CC3)s2)cc1. The number of rotatable bonds is 7. The Balaban J connectivity index is 1.25. The molecule has 0 saturated carbocycles. The number of likely N-dealkylation sites (tertiary alicyclic amines) is 1. The first-order valence-electron chi connectivity index (χ1n) is 11.0. The molecular formula is C22H27N5O5S. The molecule has 4 rings (SSSR count). The minimum Gasteiger partial charge on any atom is -0.497 e. The van der Waals surface area contributed by atoms with Gasteiger partial charge in [0.05, 0.1) is 13.2 Å². The van der Waals surface area contributed by atoms with Gasteiger partial charge in [0.2, 0.25) is 15.9 Å². The first-order chi connectivity index (χ1) is 16.0. The molecule has 2 saturated heterocycles. The van der Waals surface area contributed by atoms with Crippen molar-refractivity contribution in [2.75, 3.05) is 38.7 Å². The van der Waals surface area contributed by atoms with Gasteiger partial charge < -0.3 is 25.0 Å². The van der Waals surface area contributed by atoms with E-state index in [9.17, 15) is 14.4 Å². The average Bonchev–Trinajstić information content (AvgIpc) is 3.55. The zero-order chi connectivity index (χ0) is 23.2. The van der Waals surface area contributed by atoms with E-state index in [4.69, 9.17) is 9.47 Å². The van der Waals surface area contributed by atoms with Crippen LogP contribution in [0, 0.1) is 5.92 Å². The highest BCUT2D eigenvalue weighted by atomic mass is 32.1. The first kappa shape index (κ1) is 23.1. The number of methoxy groups -OCH3 is 1. The number of carbonyl (C=O) groups is 3. The molecule has 1 aromatic carbocycles. The summed E-state index contributed by atoms with van der Waals surface area (Å²) in [4.78, 5) is 39.3. The van der Waals surface area contributed by atoms with Crippen molar-refractivity contribution in [2.24, 2.45) is 5.92 Å². The van der Waals surface area contributed by atoms with Gasteiger partial charge in [0.1, 0.15) is 5.75 Å². The number of nitrogens with one attached hydrogen (secondary N) is 2. The molecule has 0 radical (unpaired) electrons. The summed E-state index contributed by atoms with van der Waals surface area (Å²) in [6, 6.07) is 6.89. The zero-order valence-corrected chi connectivity index (χ0v) is 19.2. The molecule has 10 nitrogen and oxygen atoms in total. The molecule has 2 N–H and O–H groups in total. The fraction of sp³-hybridized carbons (Fsp3) is 0.500. The van der Waals surface area contributed by atoms with Gasteiger partial charge in [0.15, 0.2) is 0 Å². The molecular weight excluding hydrogens is 446 g/mol. The van der Waals surface area contributed by atoms with E-state index in [0.717, 1.165) is 30.8 Å². The van der Waals surface area contributed by atoms with E-state index in [1.165, 1.54) is 0 Å². The van der Waals surface area contributed by atoms with Crippen LogP contribution in [0.25, 0.3) is 0 Å². The van der Waals surface area contributed by atoms with Gasteiger partial charge in [-0.1, -0.05) is 11.3 Å². The lowest BCUT2D eigenvalue weighted by atomic mass is 9.96. The Morgan fingerprint density at radius 3 is 2.52 bits per heavy atom. The summed E-state index contributed by atoms with van der Waals surface area (Å²) in [7, 11) is 1.57. The number of piperidine rings is 1. The predicted octanol–water partition coefficient (Wildman–Crippen LogP) is 1.95. The van der Waals surface area contributed by atoms with Crippen molar-refractivity contribution in [3.8, 4) is 5.75 Å². The Morgan fingerprint density at radius 1 is 1.12 bits per heavy atom. The largest absolute Gasteiger partial charge is 0.497 e. The van der Waals surface area contributed by atoms with Crippen molar-refractivity contribution >= 4 is 34.7 Å². The van der Waals surface area contributed by atoms with Crippen molar-refractivity contribution < 1.29 is 23.9 Å². The number of hydrogen-bond donors (Lipinski definition) is 2. The highest BCUT2D eigenvalue weighted by Crippen LogP contribution is 2.22. The topological polar surface area (TPSA) is 123 Å². The molecule has 11 heteroatoms. The number of nitrogens with zero attached hydrogens (tertiary/aromatic N) is 3. The van der Waals surface area contributed by atoms with Crippen LogP contribution in [0.15, 0.2) is 24.3 Å². The third kappa shape index (κ3) is 5.85. The van der Waals surface area contributed by atoms with Crippen molar-refractivity contribution in [1.82, 2.24) is 20.4 Å². The quantitative estimate of drug-likeness (QED) is 0.630. The number of benzene rings is 1. The summed E-state index contributed by atoms with van der Waals surface area (Å²) in [5.41, 5.74) is 0.587. The van der Waals surface area contributed by atoms with Crippen LogP contribution in [0.4, 0.5) is 5.69 Å². The minimum absolute atomic E-state index is 0.0194. The van der Waals surface area contributed by atoms with Crippen molar-refractivity contribution in [3.05, 3.63) is 34.3 Å². The second-order valence-electron chi connectivity index (χ2n) is 8.04. The maximum absolute atomic E-state index is 12.8. The van der Waals surface area contributed by atoms with Gasteiger partial charge in [-0.3, -0.25) is 14.4 Å². The number of aromatic nitrogens is 2. The first-order valence-corrected chi connectivity index (χ1v) is 11.8. The molecule has 0 bridgehead atoms. The third-order valence-corrected chi connectivity index (χ3v) is 6.74. The number of amides is 3. The predicted molar refractivity (Wildman–Crippen MR) is 121 cm³/mol. The van der Waals surface area contributed by atoms with E-state index in [1.54, 1.807) is 36.3 Å². The van der Waals surface area contributed by atoms with Crippen LogP contribution in [0.5, 0.6) is 5.75 Å². The lowest BCUT2D eigenvalue weighted by Gasteiger charge is -2.30. The summed E-state index contributed by atoms with van der Waals surface area (Å²) in [6.45, 7) is 2.23. The molecule has 0 unspecified atom stereocenters. The molecule has 1 aromatic heterocycles.